The van der Waals surface area contributed by atoms with Gasteiger partial charge < -0.3 is 10.4 Å². The molecule has 0 spiro atoms. The van der Waals surface area contributed by atoms with Gasteiger partial charge in [-0.15, -0.1) is 11.3 Å². The minimum Gasteiger partial charge on any atom is -0.391 e. The molecule has 2 atom stereocenters. The van der Waals surface area contributed by atoms with Crippen molar-refractivity contribution in [2.24, 2.45) is 0 Å². The predicted molar refractivity (Wildman–Crippen MR) is 83.5 cm³/mol. The van der Waals surface area contributed by atoms with E-state index >= 15 is 0 Å². The first-order chi connectivity index (χ1) is 10.1. The number of fused-ring (bicyclic) bond motifs is 1. The Morgan fingerprint density at radius 3 is 3.14 bits per heavy atom. The minimum atomic E-state index is -0.446. The molecule has 2 aromatic heterocycles. The van der Waals surface area contributed by atoms with Crippen LogP contribution in [0.3, 0.4) is 0 Å². The van der Waals surface area contributed by atoms with Crippen LogP contribution in [-0.4, -0.2) is 32.5 Å². The molecule has 21 heavy (non-hydrogen) atoms. The maximum absolute atomic E-state index is 12.0. The van der Waals surface area contributed by atoms with Crippen molar-refractivity contribution in [1.82, 2.24) is 14.7 Å². The van der Waals surface area contributed by atoms with Gasteiger partial charge in [0.1, 0.15) is 0 Å². The fraction of sp³-hybridized carbons (Fsp3) is 0.429. The lowest BCUT2D eigenvalue weighted by atomic mass is 9.92. The fourth-order valence-electron chi connectivity index (χ4n) is 2.59. The smallest absolute Gasteiger partial charge is 0.244 e. The van der Waals surface area contributed by atoms with Crippen molar-refractivity contribution < 1.29 is 9.90 Å². The molecule has 2 N–H and O–H groups in total. The van der Waals surface area contributed by atoms with E-state index < -0.39 is 6.10 Å². The van der Waals surface area contributed by atoms with E-state index in [0.717, 1.165) is 30.6 Å². The molecule has 0 aliphatic heterocycles. The van der Waals surface area contributed by atoms with Crippen LogP contribution in [0.4, 0.5) is 0 Å². The highest BCUT2D eigenvalue weighted by molar-refractivity contribution is 7.15. The molecule has 0 radical (unpaired) electrons. The maximum atomic E-state index is 12.0. The number of aliphatic hydroxyl groups excluding tert-OH is 1. The summed E-state index contributed by atoms with van der Waals surface area (Å²) in [5, 5.41) is 15.0. The molecular formula is C14H16ClN3O2S. The number of hydrogen-bond donors (Lipinski definition) is 2. The minimum absolute atomic E-state index is 0.155. The quantitative estimate of drug-likeness (QED) is 0.852. The lowest BCUT2D eigenvalue weighted by Crippen LogP contribution is -2.44. The molecule has 1 amide bonds. The molecular weight excluding hydrogens is 310 g/mol. The Labute approximate surface area is 131 Å². The van der Waals surface area contributed by atoms with Gasteiger partial charge in [0.05, 0.1) is 17.8 Å². The van der Waals surface area contributed by atoms with Crippen molar-refractivity contribution >= 4 is 39.9 Å². The van der Waals surface area contributed by atoms with Crippen LogP contribution in [0.1, 0.15) is 31.4 Å². The molecule has 0 aromatic carbocycles. The van der Waals surface area contributed by atoms with Gasteiger partial charge in [0.2, 0.25) is 5.91 Å². The van der Waals surface area contributed by atoms with E-state index in [1.165, 1.54) is 17.4 Å². The Hall–Kier alpha value is -1.37. The highest BCUT2D eigenvalue weighted by Gasteiger charge is 2.23. The van der Waals surface area contributed by atoms with Crippen molar-refractivity contribution in [2.45, 2.75) is 37.8 Å². The lowest BCUT2D eigenvalue weighted by molar-refractivity contribution is -0.118. The van der Waals surface area contributed by atoms with Crippen LogP contribution in [0.25, 0.3) is 11.0 Å². The molecule has 1 aliphatic rings. The average molecular weight is 326 g/mol. The van der Waals surface area contributed by atoms with E-state index in [2.05, 4.69) is 10.3 Å². The zero-order valence-electron chi connectivity index (χ0n) is 11.3. The highest BCUT2D eigenvalue weighted by Crippen LogP contribution is 2.22. The molecule has 2 heterocycles. The van der Waals surface area contributed by atoms with E-state index in [1.54, 1.807) is 6.08 Å². The SMILES string of the molecule is O=C(C=Cc1c(Cl)nc2sccn12)NC1CCCCC1O. The largest absolute Gasteiger partial charge is 0.391 e. The monoisotopic (exact) mass is 325 g/mol. The van der Waals surface area contributed by atoms with Crippen LogP contribution in [-0.2, 0) is 4.79 Å². The topological polar surface area (TPSA) is 66.6 Å². The van der Waals surface area contributed by atoms with Gasteiger partial charge in [-0.3, -0.25) is 9.20 Å². The summed E-state index contributed by atoms with van der Waals surface area (Å²) in [6.45, 7) is 0. The van der Waals surface area contributed by atoms with Gasteiger partial charge in [-0.1, -0.05) is 24.4 Å². The standard InChI is InChI=1S/C14H16ClN3O2S/c15-13-10(18-7-8-21-14(18)17-13)5-6-12(20)16-9-3-1-2-4-11(9)19/h5-9,11,19H,1-4H2,(H,16,20). The fourth-order valence-corrected chi connectivity index (χ4v) is 3.60. The first-order valence-electron chi connectivity index (χ1n) is 6.93. The highest BCUT2D eigenvalue weighted by atomic mass is 35.5. The molecule has 2 unspecified atom stereocenters. The van der Waals surface area contributed by atoms with Gasteiger partial charge in [-0.05, 0) is 18.9 Å². The van der Waals surface area contributed by atoms with Gasteiger partial charge >= 0.3 is 0 Å². The zero-order chi connectivity index (χ0) is 14.8. The summed E-state index contributed by atoms with van der Waals surface area (Å²) in [5.74, 6) is -0.220. The second-order valence-electron chi connectivity index (χ2n) is 5.14. The number of carbonyl (C=O) groups excluding carboxylic acids is 1. The Bertz CT molecular complexity index is 679. The van der Waals surface area contributed by atoms with Crippen molar-refractivity contribution in [1.29, 1.82) is 0 Å². The first-order valence-corrected chi connectivity index (χ1v) is 8.18. The summed E-state index contributed by atoms with van der Waals surface area (Å²) in [6, 6.07) is -0.155. The van der Waals surface area contributed by atoms with E-state index in [4.69, 9.17) is 11.6 Å². The number of carbonyl (C=O) groups is 1. The summed E-state index contributed by atoms with van der Waals surface area (Å²) >= 11 is 7.54. The van der Waals surface area contributed by atoms with Gasteiger partial charge in [0, 0.05) is 17.7 Å². The van der Waals surface area contributed by atoms with Crippen LogP contribution in [0.2, 0.25) is 5.15 Å². The number of nitrogens with one attached hydrogen (secondary N) is 1. The molecule has 0 bridgehead atoms. The summed E-state index contributed by atoms with van der Waals surface area (Å²) in [5.41, 5.74) is 0.687. The number of thiazole rings is 1. The van der Waals surface area contributed by atoms with E-state index in [9.17, 15) is 9.90 Å². The molecule has 0 saturated heterocycles. The van der Waals surface area contributed by atoms with Crippen molar-refractivity contribution in [3.63, 3.8) is 0 Å². The normalized spacial score (nSPS) is 23.0. The van der Waals surface area contributed by atoms with Gasteiger partial charge in [0.25, 0.3) is 0 Å². The number of hydrogen-bond acceptors (Lipinski definition) is 4. The average Bonchev–Trinajstić information content (AvgIpc) is 3.00. The summed E-state index contributed by atoms with van der Waals surface area (Å²) in [6.07, 6.45) is 8.13. The molecule has 3 rings (SSSR count). The molecule has 2 aromatic rings. The van der Waals surface area contributed by atoms with Crippen molar-refractivity contribution in [3.8, 4) is 0 Å². The van der Waals surface area contributed by atoms with Gasteiger partial charge in [0.15, 0.2) is 10.1 Å². The molecule has 7 heteroatoms. The Kier molecular flexibility index (Phi) is 4.28. The van der Waals surface area contributed by atoms with Gasteiger partial charge in [-0.25, -0.2) is 4.98 Å². The Morgan fingerprint density at radius 1 is 1.52 bits per heavy atom. The van der Waals surface area contributed by atoms with Crippen LogP contribution in [0.15, 0.2) is 17.7 Å². The summed E-state index contributed by atoms with van der Waals surface area (Å²) < 4.78 is 1.84. The second kappa shape index (κ2) is 6.17. The van der Waals surface area contributed by atoms with E-state index in [1.807, 2.05) is 16.0 Å². The maximum Gasteiger partial charge on any atom is 0.244 e. The second-order valence-corrected chi connectivity index (χ2v) is 6.37. The Morgan fingerprint density at radius 2 is 2.33 bits per heavy atom. The van der Waals surface area contributed by atoms with Crippen molar-refractivity contribution in [2.75, 3.05) is 0 Å². The number of aromatic nitrogens is 2. The first kappa shape index (κ1) is 14.6. The summed E-state index contributed by atoms with van der Waals surface area (Å²) in [4.78, 5) is 17.0. The number of rotatable bonds is 3. The molecule has 1 fully saturated rings. The van der Waals surface area contributed by atoms with Crippen molar-refractivity contribution in [3.05, 3.63) is 28.5 Å². The summed E-state index contributed by atoms with van der Waals surface area (Å²) in [7, 11) is 0. The molecule has 1 aliphatic carbocycles. The van der Waals surface area contributed by atoms with Crippen LogP contribution < -0.4 is 5.32 Å². The number of nitrogens with zero attached hydrogens (tertiary/aromatic N) is 2. The number of amides is 1. The third kappa shape index (κ3) is 3.12. The third-order valence-corrected chi connectivity index (χ3v) is 4.74. The number of halogens is 1. The Balaban J connectivity index is 1.69. The van der Waals surface area contributed by atoms with Crippen LogP contribution in [0.5, 0.6) is 0 Å². The third-order valence-electron chi connectivity index (χ3n) is 3.70. The molecule has 1 saturated carbocycles. The van der Waals surface area contributed by atoms with Crippen LogP contribution in [0, 0.1) is 0 Å². The van der Waals surface area contributed by atoms with Gasteiger partial charge in [-0.2, -0.15) is 0 Å². The predicted octanol–water partition coefficient (Wildman–Crippen LogP) is 2.48. The lowest BCUT2D eigenvalue weighted by Gasteiger charge is -2.27. The van der Waals surface area contributed by atoms with E-state index in [0.29, 0.717) is 10.8 Å². The number of aliphatic hydroxyl groups is 1. The zero-order valence-corrected chi connectivity index (χ0v) is 12.9. The number of imidazole rings is 1. The molecule has 5 nitrogen and oxygen atoms in total. The molecule has 112 valence electrons. The van der Waals surface area contributed by atoms with Crippen LogP contribution >= 0.6 is 22.9 Å². The van der Waals surface area contributed by atoms with E-state index in [-0.39, 0.29) is 11.9 Å².